The van der Waals surface area contributed by atoms with Crippen LogP contribution in [-0.4, -0.2) is 32.2 Å². The second-order valence-electron chi connectivity index (χ2n) is 6.54. The van der Waals surface area contributed by atoms with Crippen molar-refractivity contribution in [1.82, 2.24) is 25.1 Å². The number of aryl methyl sites for hydroxylation is 1. The largest absolute Gasteiger partial charge is 0.288 e. The number of nitrogens with zero attached hydrogens (tertiary/aromatic N) is 5. The SMILES string of the molecule is Cc1ccccc1-n1nnnc1C(c1ccccc1)N(C)Cc1cccs1. The van der Waals surface area contributed by atoms with Gasteiger partial charge in [-0.15, -0.1) is 16.4 Å². The molecule has 5 nitrogen and oxygen atoms in total. The smallest absolute Gasteiger partial charge is 0.178 e. The highest BCUT2D eigenvalue weighted by atomic mass is 32.1. The summed E-state index contributed by atoms with van der Waals surface area (Å²) in [5.41, 5.74) is 3.31. The number of benzene rings is 2. The maximum absolute atomic E-state index is 4.42. The lowest BCUT2D eigenvalue weighted by molar-refractivity contribution is 0.260. The molecule has 0 N–H and O–H groups in total. The first-order chi connectivity index (χ1) is 13.2. The third kappa shape index (κ3) is 3.67. The lowest BCUT2D eigenvalue weighted by atomic mass is 10.0. The summed E-state index contributed by atoms with van der Waals surface area (Å²) in [6, 6.07) is 22.8. The Bertz CT molecular complexity index is 994. The van der Waals surface area contributed by atoms with Crippen molar-refractivity contribution in [3.8, 4) is 5.69 Å². The number of thiophene rings is 1. The summed E-state index contributed by atoms with van der Waals surface area (Å²) in [6.07, 6.45) is 0. The van der Waals surface area contributed by atoms with Gasteiger partial charge in [-0.3, -0.25) is 4.90 Å². The van der Waals surface area contributed by atoms with Crippen LogP contribution < -0.4 is 0 Å². The van der Waals surface area contributed by atoms with Crippen molar-refractivity contribution in [3.05, 3.63) is 93.9 Å². The molecule has 136 valence electrons. The summed E-state index contributed by atoms with van der Waals surface area (Å²) in [7, 11) is 2.12. The molecular formula is C21H21N5S. The Hall–Kier alpha value is -2.83. The van der Waals surface area contributed by atoms with Crippen molar-refractivity contribution in [3.63, 3.8) is 0 Å². The monoisotopic (exact) mass is 375 g/mol. The summed E-state index contributed by atoms with van der Waals surface area (Å²) in [5.74, 6) is 0.814. The van der Waals surface area contributed by atoms with Crippen LogP contribution in [0.5, 0.6) is 0 Å². The van der Waals surface area contributed by atoms with Crippen LogP contribution >= 0.6 is 11.3 Å². The van der Waals surface area contributed by atoms with Gasteiger partial charge >= 0.3 is 0 Å². The van der Waals surface area contributed by atoms with E-state index in [0.29, 0.717) is 0 Å². The summed E-state index contributed by atoms with van der Waals surface area (Å²) in [4.78, 5) is 3.61. The van der Waals surface area contributed by atoms with Gasteiger partial charge in [0.05, 0.1) is 11.7 Å². The first kappa shape index (κ1) is 17.6. The Morgan fingerprint density at radius 1 is 1.00 bits per heavy atom. The van der Waals surface area contributed by atoms with Gasteiger partial charge in [0, 0.05) is 11.4 Å². The average Bonchev–Trinajstić information content (AvgIpc) is 3.36. The van der Waals surface area contributed by atoms with Crippen molar-refractivity contribution in [2.24, 2.45) is 0 Å². The highest BCUT2D eigenvalue weighted by Crippen LogP contribution is 2.29. The standard InChI is InChI=1S/C21H21N5S/c1-16-9-6-7-13-19(16)26-21(22-23-24-26)20(17-10-4-3-5-11-17)25(2)15-18-12-8-14-27-18/h3-14,20H,15H2,1-2H3. The Labute approximate surface area is 162 Å². The summed E-state index contributed by atoms with van der Waals surface area (Å²) in [5, 5.41) is 14.8. The van der Waals surface area contributed by atoms with Crippen molar-refractivity contribution in [2.75, 3.05) is 7.05 Å². The molecule has 27 heavy (non-hydrogen) atoms. The zero-order valence-electron chi connectivity index (χ0n) is 15.4. The van der Waals surface area contributed by atoms with Crippen LogP contribution in [-0.2, 0) is 6.54 Å². The van der Waals surface area contributed by atoms with E-state index in [2.05, 4.69) is 88.3 Å². The number of aromatic nitrogens is 4. The molecule has 2 heterocycles. The van der Waals surface area contributed by atoms with Crippen LogP contribution in [0.4, 0.5) is 0 Å². The lowest BCUT2D eigenvalue weighted by Crippen LogP contribution is -2.27. The van der Waals surface area contributed by atoms with Crippen LogP contribution in [0.2, 0.25) is 0 Å². The lowest BCUT2D eigenvalue weighted by Gasteiger charge is -2.27. The first-order valence-electron chi connectivity index (χ1n) is 8.86. The molecule has 0 aliphatic rings. The molecule has 0 radical (unpaired) electrons. The quantitative estimate of drug-likeness (QED) is 0.505. The van der Waals surface area contributed by atoms with E-state index in [1.807, 2.05) is 22.9 Å². The molecule has 0 bridgehead atoms. The maximum atomic E-state index is 4.42. The summed E-state index contributed by atoms with van der Waals surface area (Å²) >= 11 is 1.76. The van der Waals surface area contributed by atoms with E-state index in [1.54, 1.807) is 11.3 Å². The van der Waals surface area contributed by atoms with E-state index in [4.69, 9.17) is 0 Å². The van der Waals surface area contributed by atoms with Gasteiger partial charge in [-0.25, -0.2) is 0 Å². The highest BCUT2D eigenvalue weighted by Gasteiger charge is 2.26. The molecule has 1 unspecified atom stereocenters. The second-order valence-corrected chi connectivity index (χ2v) is 7.58. The first-order valence-corrected chi connectivity index (χ1v) is 9.74. The molecule has 4 aromatic rings. The minimum absolute atomic E-state index is 0.0529. The molecule has 0 amide bonds. The number of hydrogen-bond acceptors (Lipinski definition) is 5. The zero-order chi connectivity index (χ0) is 18.6. The third-order valence-electron chi connectivity index (χ3n) is 4.62. The van der Waals surface area contributed by atoms with Crippen molar-refractivity contribution in [1.29, 1.82) is 0 Å². The van der Waals surface area contributed by atoms with Crippen molar-refractivity contribution >= 4 is 11.3 Å². The summed E-state index contributed by atoms with van der Waals surface area (Å²) < 4.78 is 1.86. The van der Waals surface area contributed by atoms with Crippen LogP contribution in [0.25, 0.3) is 5.69 Å². The molecule has 1 atom stereocenters. The maximum Gasteiger partial charge on any atom is 0.178 e. The second kappa shape index (κ2) is 7.82. The van der Waals surface area contributed by atoms with Gasteiger partial charge in [-0.2, -0.15) is 4.68 Å². The fourth-order valence-corrected chi connectivity index (χ4v) is 4.08. The van der Waals surface area contributed by atoms with E-state index >= 15 is 0 Å². The van der Waals surface area contributed by atoms with E-state index < -0.39 is 0 Å². The predicted octanol–water partition coefficient (Wildman–Crippen LogP) is 4.25. The Morgan fingerprint density at radius 2 is 1.78 bits per heavy atom. The minimum Gasteiger partial charge on any atom is -0.288 e. The van der Waals surface area contributed by atoms with Gasteiger partial charge in [0.2, 0.25) is 0 Å². The molecule has 2 aromatic carbocycles. The predicted molar refractivity (Wildman–Crippen MR) is 108 cm³/mol. The Morgan fingerprint density at radius 3 is 2.52 bits per heavy atom. The van der Waals surface area contributed by atoms with Gasteiger partial charge in [0.25, 0.3) is 0 Å². The average molecular weight is 376 g/mol. The molecule has 0 aliphatic heterocycles. The third-order valence-corrected chi connectivity index (χ3v) is 5.48. The molecule has 0 saturated heterocycles. The molecule has 6 heteroatoms. The van der Waals surface area contributed by atoms with Crippen molar-refractivity contribution in [2.45, 2.75) is 19.5 Å². The Kier molecular flexibility index (Phi) is 5.09. The highest BCUT2D eigenvalue weighted by molar-refractivity contribution is 7.09. The number of para-hydroxylation sites is 1. The van der Waals surface area contributed by atoms with Gasteiger partial charge in [0.15, 0.2) is 5.82 Å². The fraction of sp³-hybridized carbons (Fsp3) is 0.190. The van der Waals surface area contributed by atoms with Crippen LogP contribution in [0.3, 0.4) is 0 Å². The number of hydrogen-bond donors (Lipinski definition) is 0. The van der Waals surface area contributed by atoms with Gasteiger partial charge in [-0.05, 0) is 53.0 Å². The van der Waals surface area contributed by atoms with E-state index in [0.717, 1.165) is 23.6 Å². The van der Waals surface area contributed by atoms with E-state index in [1.165, 1.54) is 10.4 Å². The fourth-order valence-electron chi connectivity index (χ4n) is 3.31. The van der Waals surface area contributed by atoms with Crippen LogP contribution in [0, 0.1) is 6.92 Å². The topological polar surface area (TPSA) is 46.8 Å². The molecule has 0 saturated carbocycles. The molecular weight excluding hydrogens is 354 g/mol. The van der Waals surface area contributed by atoms with Crippen LogP contribution in [0.15, 0.2) is 72.1 Å². The van der Waals surface area contributed by atoms with Gasteiger partial charge in [-0.1, -0.05) is 54.6 Å². The van der Waals surface area contributed by atoms with E-state index in [9.17, 15) is 0 Å². The van der Waals surface area contributed by atoms with Gasteiger partial charge in [0.1, 0.15) is 0 Å². The minimum atomic E-state index is -0.0529. The summed E-state index contributed by atoms with van der Waals surface area (Å²) in [6.45, 7) is 2.91. The number of tetrazole rings is 1. The normalized spacial score (nSPS) is 12.4. The van der Waals surface area contributed by atoms with E-state index in [-0.39, 0.29) is 6.04 Å². The Balaban J connectivity index is 1.78. The number of rotatable bonds is 6. The zero-order valence-corrected chi connectivity index (χ0v) is 16.2. The van der Waals surface area contributed by atoms with Gasteiger partial charge < -0.3 is 0 Å². The molecule has 2 aromatic heterocycles. The molecule has 0 fully saturated rings. The van der Waals surface area contributed by atoms with Crippen LogP contribution in [0.1, 0.15) is 27.9 Å². The molecule has 0 spiro atoms. The molecule has 4 rings (SSSR count). The molecule has 0 aliphatic carbocycles. The van der Waals surface area contributed by atoms with Crippen molar-refractivity contribution < 1.29 is 0 Å².